The summed E-state index contributed by atoms with van der Waals surface area (Å²) in [6, 6.07) is 0. The second-order valence-electron chi connectivity index (χ2n) is 3.88. The first-order valence-electron chi connectivity index (χ1n) is 5.41. The second kappa shape index (κ2) is 6.56. The smallest absolute Gasteiger partial charge is 0.326 e. The number of ketones is 1. The Bertz CT molecular complexity index is 228. The standard InChI is InChI=1S/C11H21NO3/c1-4-6-7-15-10(14)11(12,5-2)8-9(3)13/h4-8,12H2,1-3H3. The number of hydrogen-bond donors (Lipinski definition) is 1. The molecule has 2 N–H and O–H groups in total. The van der Waals surface area contributed by atoms with Gasteiger partial charge in [0.25, 0.3) is 0 Å². The molecule has 0 aliphatic rings. The largest absolute Gasteiger partial charge is 0.464 e. The summed E-state index contributed by atoms with van der Waals surface area (Å²) in [5.41, 5.74) is 4.69. The zero-order chi connectivity index (χ0) is 11.9. The van der Waals surface area contributed by atoms with E-state index >= 15 is 0 Å². The number of nitrogens with two attached hydrogens (primary N) is 1. The predicted molar refractivity (Wildman–Crippen MR) is 58.4 cm³/mol. The van der Waals surface area contributed by atoms with Gasteiger partial charge in [0.05, 0.1) is 6.61 Å². The quantitative estimate of drug-likeness (QED) is 0.515. The van der Waals surface area contributed by atoms with Gasteiger partial charge in [0.1, 0.15) is 11.3 Å². The Morgan fingerprint density at radius 3 is 2.33 bits per heavy atom. The fourth-order valence-corrected chi connectivity index (χ4v) is 1.24. The average Bonchev–Trinajstić information content (AvgIpc) is 2.16. The second-order valence-corrected chi connectivity index (χ2v) is 3.88. The molecule has 0 aliphatic heterocycles. The van der Waals surface area contributed by atoms with Gasteiger partial charge in [-0.3, -0.25) is 9.59 Å². The molecule has 0 spiro atoms. The molecule has 88 valence electrons. The number of hydrogen-bond acceptors (Lipinski definition) is 4. The van der Waals surface area contributed by atoms with E-state index in [9.17, 15) is 9.59 Å². The van der Waals surface area contributed by atoms with E-state index < -0.39 is 11.5 Å². The van der Waals surface area contributed by atoms with Crippen LogP contribution in [-0.2, 0) is 14.3 Å². The molecule has 0 radical (unpaired) electrons. The minimum atomic E-state index is -1.14. The Kier molecular flexibility index (Phi) is 6.17. The van der Waals surface area contributed by atoms with Crippen molar-refractivity contribution in [1.29, 1.82) is 0 Å². The van der Waals surface area contributed by atoms with E-state index in [1.54, 1.807) is 6.92 Å². The van der Waals surface area contributed by atoms with Crippen LogP contribution in [0.5, 0.6) is 0 Å². The maximum atomic E-state index is 11.6. The molecule has 4 heteroatoms. The number of carbonyl (C=O) groups is 2. The van der Waals surface area contributed by atoms with Gasteiger partial charge in [-0.05, 0) is 19.8 Å². The first-order chi connectivity index (χ1) is 6.96. The van der Waals surface area contributed by atoms with Gasteiger partial charge in [-0.15, -0.1) is 0 Å². The Morgan fingerprint density at radius 1 is 1.33 bits per heavy atom. The summed E-state index contributed by atoms with van der Waals surface area (Å²) < 4.78 is 5.02. The molecule has 0 aromatic rings. The van der Waals surface area contributed by atoms with Crippen molar-refractivity contribution < 1.29 is 14.3 Å². The van der Waals surface area contributed by atoms with Gasteiger partial charge in [-0.25, -0.2) is 0 Å². The first-order valence-corrected chi connectivity index (χ1v) is 5.41. The zero-order valence-electron chi connectivity index (χ0n) is 9.84. The molecule has 1 unspecified atom stereocenters. The average molecular weight is 215 g/mol. The summed E-state index contributed by atoms with van der Waals surface area (Å²) in [7, 11) is 0. The lowest BCUT2D eigenvalue weighted by Gasteiger charge is -2.24. The molecule has 0 amide bonds. The highest BCUT2D eigenvalue weighted by Gasteiger charge is 2.34. The van der Waals surface area contributed by atoms with Crippen LogP contribution in [0.15, 0.2) is 0 Å². The predicted octanol–water partition coefficient (Wildman–Crippen LogP) is 1.42. The lowest BCUT2D eigenvalue weighted by molar-refractivity contribution is -0.152. The fraction of sp³-hybridized carbons (Fsp3) is 0.818. The van der Waals surface area contributed by atoms with Gasteiger partial charge in [0.15, 0.2) is 0 Å². The summed E-state index contributed by atoms with van der Waals surface area (Å²) >= 11 is 0. The third-order valence-electron chi connectivity index (χ3n) is 2.33. The number of esters is 1. The molecule has 0 aromatic heterocycles. The monoisotopic (exact) mass is 215 g/mol. The van der Waals surface area contributed by atoms with Crippen LogP contribution in [0.25, 0.3) is 0 Å². The van der Waals surface area contributed by atoms with E-state index in [0.717, 1.165) is 12.8 Å². The highest BCUT2D eigenvalue weighted by molar-refractivity contribution is 5.88. The van der Waals surface area contributed by atoms with E-state index in [4.69, 9.17) is 10.5 Å². The molecule has 4 nitrogen and oxygen atoms in total. The van der Waals surface area contributed by atoms with Crippen molar-refractivity contribution in [2.45, 2.75) is 52.0 Å². The highest BCUT2D eigenvalue weighted by atomic mass is 16.5. The van der Waals surface area contributed by atoms with Crippen LogP contribution < -0.4 is 5.73 Å². The van der Waals surface area contributed by atoms with Gasteiger partial charge < -0.3 is 10.5 Å². The molecular weight excluding hydrogens is 194 g/mol. The summed E-state index contributed by atoms with van der Waals surface area (Å²) in [5, 5.41) is 0. The van der Waals surface area contributed by atoms with Crippen LogP contribution in [0.4, 0.5) is 0 Å². The molecule has 0 saturated heterocycles. The Labute approximate surface area is 91.2 Å². The van der Waals surface area contributed by atoms with Gasteiger partial charge in [-0.2, -0.15) is 0 Å². The van der Waals surface area contributed by atoms with Crippen molar-refractivity contribution in [3.8, 4) is 0 Å². The van der Waals surface area contributed by atoms with Crippen LogP contribution in [0.3, 0.4) is 0 Å². The van der Waals surface area contributed by atoms with Crippen LogP contribution in [0.1, 0.15) is 46.5 Å². The third kappa shape index (κ3) is 4.93. The van der Waals surface area contributed by atoms with Crippen molar-refractivity contribution >= 4 is 11.8 Å². The van der Waals surface area contributed by atoms with Crippen LogP contribution in [-0.4, -0.2) is 23.9 Å². The molecule has 15 heavy (non-hydrogen) atoms. The Morgan fingerprint density at radius 2 is 1.93 bits per heavy atom. The number of Topliss-reactive ketones (excluding diaryl/α,β-unsaturated/α-hetero) is 1. The summed E-state index contributed by atoms with van der Waals surface area (Å²) in [6.07, 6.45) is 2.25. The van der Waals surface area contributed by atoms with Crippen molar-refractivity contribution in [3.63, 3.8) is 0 Å². The molecule has 0 rings (SSSR count). The minimum Gasteiger partial charge on any atom is -0.464 e. The molecule has 0 aromatic carbocycles. The van der Waals surface area contributed by atoms with E-state index in [2.05, 4.69) is 0 Å². The summed E-state index contributed by atoms with van der Waals surface area (Å²) in [6.45, 7) is 5.60. The lowest BCUT2D eigenvalue weighted by atomic mass is 9.91. The number of rotatable bonds is 7. The van der Waals surface area contributed by atoms with Gasteiger partial charge in [-0.1, -0.05) is 20.3 Å². The molecule has 0 heterocycles. The van der Waals surface area contributed by atoms with Crippen LogP contribution >= 0.6 is 0 Å². The van der Waals surface area contributed by atoms with E-state index in [-0.39, 0.29) is 12.2 Å². The van der Waals surface area contributed by atoms with Crippen molar-refractivity contribution in [1.82, 2.24) is 0 Å². The first kappa shape index (κ1) is 14.1. The highest BCUT2D eigenvalue weighted by Crippen LogP contribution is 2.14. The normalized spacial score (nSPS) is 14.4. The molecule has 0 fully saturated rings. The van der Waals surface area contributed by atoms with Gasteiger partial charge in [0.2, 0.25) is 0 Å². The zero-order valence-corrected chi connectivity index (χ0v) is 9.84. The van der Waals surface area contributed by atoms with Crippen molar-refractivity contribution in [2.24, 2.45) is 5.73 Å². The van der Waals surface area contributed by atoms with E-state index in [1.165, 1.54) is 6.92 Å². The Balaban J connectivity index is 4.24. The van der Waals surface area contributed by atoms with Crippen molar-refractivity contribution in [3.05, 3.63) is 0 Å². The summed E-state index contributed by atoms with van der Waals surface area (Å²) in [4.78, 5) is 22.6. The molecule has 0 saturated carbocycles. The van der Waals surface area contributed by atoms with Gasteiger partial charge >= 0.3 is 5.97 Å². The maximum absolute atomic E-state index is 11.6. The number of ether oxygens (including phenoxy) is 1. The van der Waals surface area contributed by atoms with Crippen molar-refractivity contribution in [2.75, 3.05) is 6.61 Å². The molecule has 0 bridgehead atoms. The van der Waals surface area contributed by atoms with Crippen LogP contribution in [0.2, 0.25) is 0 Å². The minimum absolute atomic E-state index is 0.0501. The fourth-order valence-electron chi connectivity index (χ4n) is 1.24. The van der Waals surface area contributed by atoms with Crippen LogP contribution in [0, 0.1) is 0 Å². The molecule has 1 atom stereocenters. The number of carbonyl (C=O) groups excluding carboxylic acids is 2. The third-order valence-corrected chi connectivity index (χ3v) is 2.33. The summed E-state index contributed by atoms with van der Waals surface area (Å²) in [5.74, 6) is -0.555. The number of unbranched alkanes of at least 4 members (excludes halogenated alkanes) is 1. The lowest BCUT2D eigenvalue weighted by Crippen LogP contribution is -2.49. The van der Waals surface area contributed by atoms with Gasteiger partial charge in [0, 0.05) is 6.42 Å². The molecular formula is C11H21NO3. The topological polar surface area (TPSA) is 69.4 Å². The molecule has 0 aliphatic carbocycles. The Hall–Kier alpha value is -0.900. The maximum Gasteiger partial charge on any atom is 0.326 e. The SMILES string of the molecule is CCCCOC(=O)C(N)(CC)CC(C)=O. The van der Waals surface area contributed by atoms with E-state index in [1.807, 2.05) is 6.92 Å². The van der Waals surface area contributed by atoms with E-state index in [0.29, 0.717) is 13.0 Å².